The first-order valence-electron chi connectivity index (χ1n) is 13.2. The van der Waals surface area contributed by atoms with Crippen molar-refractivity contribution in [3.05, 3.63) is 102 Å². The van der Waals surface area contributed by atoms with Gasteiger partial charge in [-0.3, -0.25) is 14.8 Å². The molecule has 8 heteroatoms. The number of fused-ring (bicyclic) bond motifs is 2. The molecule has 1 aliphatic rings. The van der Waals surface area contributed by atoms with E-state index >= 15 is 0 Å². The fraction of sp³-hybridized carbons (Fsp3) is 0.194. The van der Waals surface area contributed by atoms with Crippen molar-refractivity contribution in [1.82, 2.24) is 34.8 Å². The summed E-state index contributed by atoms with van der Waals surface area (Å²) in [6.45, 7) is 1.99. The first-order valence-corrected chi connectivity index (χ1v) is 13.2. The molecule has 0 bridgehead atoms. The Hall–Kier alpha value is -4.85. The smallest absolute Gasteiger partial charge is 0.271 e. The lowest BCUT2D eigenvalue weighted by atomic mass is 9.94. The Bertz CT molecular complexity index is 1860. The molecule has 0 amide bonds. The number of Topliss-reactive ketones (excluding diaryl/α,β-unsaturated/α-hetero) is 1. The number of nitrogens with zero attached hydrogens (tertiary/aromatic N) is 7. The summed E-state index contributed by atoms with van der Waals surface area (Å²) in [5.74, 6) is 1.36. The van der Waals surface area contributed by atoms with Crippen LogP contribution in [-0.4, -0.2) is 40.5 Å². The summed E-state index contributed by atoms with van der Waals surface area (Å²) in [7, 11) is 0. The van der Waals surface area contributed by atoms with Gasteiger partial charge in [-0.05, 0) is 60.7 Å². The Kier molecular flexibility index (Phi) is 5.47. The third-order valence-corrected chi connectivity index (χ3v) is 7.49. The molecule has 7 rings (SSSR count). The van der Waals surface area contributed by atoms with Gasteiger partial charge < -0.3 is 0 Å². The van der Waals surface area contributed by atoms with Crippen LogP contribution in [0.4, 0.5) is 0 Å². The van der Waals surface area contributed by atoms with Gasteiger partial charge in [0.05, 0.1) is 17.1 Å². The maximum absolute atomic E-state index is 12.2. The van der Waals surface area contributed by atoms with Gasteiger partial charge in [0.2, 0.25) is 0 Å². The minimum absolute atomic E-state index is 0.0694. The van der Waals surface area contributed by atoms with Crippen molar-refractivity contribution in [2.75, 3.05) is 0 Å². The molecule has 4 aromatic heterocycles. The van der Waals surface area contributed by atoms with Crippen molar-refractivity contribution < 1.29 is 4.79 Å². The number of aromatic nitrogens is 7. The zero-order valence-corrected chi connectivity index (χ0v) is 21.5. The summed E-state index contributed by atoms with van der Waals surface area (Å²) in [6.07, 6.45) is 8.57. The van der Waals surface area contributed by atoms with E-state index in [-0.39, 0.29) is 11.2 Å². The van der Waals surface area contributed by atoms with Crippen LogP contribution in [0.25, 0.3) is 39.1 Å². The summed E-state index contributed by atoms with van der Waals surface area (Å²) in [5.41, 5.74) is 6.02. The second kappa shape index (κ2) is 9.16. The lowest BCUT2D eigenvalue weighted by molar-refractivity contribution is 0.0977. The lowest BCUT2D eigenvalue weighted by Crippen LogP contribution is -2.15. The molecule has 2 aromatic carbocycles. The van der Waals surface area contributed by atoms with E-state index in [2.05, 4.69) is 55.5 Å². The molecule has 4 heterocycles. The zero-order valence-electron chi connectivity index (χ0n) is 21.5. The SMILES string of the molecule is CCCC(=O)c1ccc(-c2cccc(-c3cnc4nnc(C5(c6ccc7ncccc7c6)CC5)n4n3)c2)cn1. The predicted molar refractivity (Wildman–Crippen MR) is 148 cm³/mol. The van der Waals surface area contributed by atoms with Crippen LogP contribution < -0.4 is 0 Å². The molecule has 0 aliphatic heterocycles. The van der Waals surface area contributed by atoms with Crippen molar-refractivity contribution in [2.45, 2.75) is 38.0 Å². The predicted octanol–water partition coefficient (Wildman–Crippen LogP) is 5.86. The number of ketones is 1. The molecule has 0 saturated heterocycles. The standard InChI is InChI=1S/C31H25N7O/c1-2-5-28(39)26-11-9-23(18-33-26)20-6-3-7-21(16-20)27-19-34-30-36-35-29(38(30)37-27)31(13-14-31)24-10-12-25-22(17-24)8-4-15-32-25/h3-4,6-12,15-19H,2,5,13-14H2,1H3. The van der Waals surface area contributed by atoms with E-state index in [1.165, 1.54) is 5.56 Å². The summed E-state index contributed by atoms with van der Waals surface area (Å²) in [6, 6.07) is 22.3. The van der Waals surface area contributed by atoms with E-state index in [0.29, 0.717) is 17.9 Å². The molecule has 39 heavy (non-hydrogen) atoms. The minimum atomic E-state index is -0.235. The largest absolute Gasteiger partial charge is 0.292 e. The first kappa shape index (κ1) is 23.3. The van der Waals surface area contributed by atoms with E-state index in [1.807, 2.05) is 43.5 Å². The molecule has 0 spiro atoms. The molecule has 1 aliphatic carbocycles. The Morgan fingerprint density at radius 2 is 1.77 bits per heavy atom. The first-order chi connectivity index (χ1) is 19.1. The van der Waals surface area contributed by atoms with Crippen molar-refractivity contribution in [2.24, 2.45) is 0 Å². The molecule has 0 radical (unpaired) electrons. The Morgan fingerprint density at radius 1 is 0.872 bits per heavy atom. The molecular weight excluding hydrogens is 486 g/mol. The Morgan fingerprint density at radius 3 is 2.59 bits per heavy atom. The van der Waals surface area contributed by atoms with E-state index in [1.54, 1.807) is 23.0 Å². The van der Waals surface area contributed by atoms with Gasteiger partial charge >= 0.3 is 0 Å². The van der Waals surface area contributed by atoms with Gasteiger partial charge in [-0.1, -0.05) is 43.3 Å². The van der Waals surface area contributed by atoms with E-state index in [9.17, 15) is 4.79 Å². The van der Waals surface area contributed by atoms with Gasteiger partial charge in [-0.2, -0.15) is 9.61 Å². The zero-order chi connectivity index (χ0) is 26.4. The van der Waals surface area contributed by atoms with Crippen LogP contribution >= 0.6 is 0 Å². The van der Waals surface area contributed by atoms with Crippen LogP contribution in [0.3, 0.4) is 0 Å². The number of carbonyl (C=O) groups is 1. The third kappa shape index (κ3) is 4.05. The van der Waals surface area contributed by atoms with Crippen LogP contribution in [0.2, 0.25) is 0 Å². The van der Waals surface area contributed by atoms with Gasteiger partial charge in [0.25, 0.3) is 5.78 Å². The molecule has 0 atom stereocenters. The highest BCUT2D eigenvalue weighted by atomic mass is 16.1. The van der Waals surface area contributed by atoms with E-state index in [4.69, 9.17) is 5.10 Å². The van der Waals surface area contributed by atoms with Crippen LogP contribution in [0.5, 0.6) is 0 Å². The van der Waals surface area contributed by atoms with Crippen molar-refractivity contribution in [3.8, 4) is 22.4 Å². The molecule has 1 saturated carbocycles. The third-order valence-electron chi connectivity index (χ3n) is 7.49. The summed E-state index contributed by atoms with van der Waals surface area (Å²) in [5, 5.41) is 15.0. The molecule has 1 fully saturated rings. The highest BCUT2D eigenvalue weighted by Gasteiger charge is 2.50. The highest BCUT2D eigenvalue weighted by molar-refractivity contribution is 5.94. The number of pyridine rings is 2. The monoisotopic (exact) mass is 511 g/mol. The van der Waals surface area contributed by atoms with Crippen molar-refractivity contribution in [3.63, 3.8) is 0 Å². The number of hydrogen-bond donors (Lipinski definition) is 0. The number of benzene rings is 2. The maximum atomic E-state index is 12.2. The molecule has 8 nitrogen and oxygen atoms in total. The fourth-order valence-electron chi connectivity index (χ4n) is 5.21. The van der Waals surface area contributed by atoms with E-state index < -0.39 is 0 Å². The number of rotatable bonds is 7. The average Bonchev–Trinajstić information content (AvgIpc) is 3.69. The van der Waals surface area contributed by atoms with Gasteiger partial charge in [0, 0.05) is 35.3 Å². The van der Waals surface area contributed by atoms with Crippen LogP contribution in [0, 0.1) is 0 Å². The van der Waals surface area contributed by atoms with Gasteiger partial charge in [-0.15, -0.1) is 10.2 Å². The van der Waals surface area contributed by atoms with Crippen molar-refractivity contribution in [1.29, 1.82) is 0 Å². The number of hydrogen-bond acceptors (Lipinski definition) is 7. The number of carbonyl (C=O) groups excluding carboxylic acids is 1. The molecule has 0 unspecified atom stereocenters. The second-order valence-electron chi connectivity index (χ2n) is 10.1. The quantitative estimate of drug-likeness (QED) is 0.248. The topological polar surface area (TPSA) is 98.8 Å². The van der Waals surface area contributed by atoms with Gasteiger partial charge in [0.1, 0.15) is 11.4 Å². The second-order valence-corrected chi connectivity index (χ2v) is 10.1. The minimum Gasteiger partial charge on any atom is -0.292 e. The molecule has 6 aromatic rings. The normalized spacial score (nSPS) is 14.1. The molecule has 190 valence electrons. The Labute approximate surface area is 224 Å². The summed E-state index contributed by atoms with van der Waals surface area (Å²) < 4.78 is 1.79. The van der Waals surface area contributed by atoms with Gasteiger partial charge in [-0.25, -0.2) is 4.98 Å². The van der Waals surface area contributed by atoms with Crippen molar-refractivity contribution >= 4 is 22.5 Å². The highest BCUT2D eigenvalue weighted by Crippen LogP contribution is 2.53. The molecule has 0 N–H and O–H groups in total. The van der Waals surface area contributed by atoms with Gasteiger partial charge in [0.15, 0.2) is 11.6 Å². The summed E-state index contributed by atoms with van der Waals surface area (Å²) in [4.78, 5) is 25.6. The van der Waals surface area contributed by atoms with Crippen LogP contribution in [-0.2, 0) is 5.41 Å². The lowest BCUT2D eigenvalue weighted by Gasteiger charge is -2.14. The maximum Gasteiger partial charge on any atom is 0.271 e. The average molecular weight is 512 g/mol. The summed E-state index contributed by atoms with van der Waals surface area (Å²) >= 11 is 0. The molecular formula is C31H25N7O. The van der Waals surface area contributed by atoms with E-state index in [0.717, 1.165) is 58.4 Å². The van der Waals surface area contributed by atoms with Crippen LogP contribution in [0.1, 0.15) is 54.5 Å². The van der Waals surface area contributed by atoms with Crippen LogP contribution in [0.15, 0.2) is 85.3 Å². The Balaban J connectivity index is 1.24. The fourth-order valence-corrected chi connectivity index (χ4v) is 5.21.